The van der Waals surface area contributed by atoms with Crippen molar-refractivity contribution < 1.29 is 34.2 Å². The van der Waals surface area contributed by atoms with Crippen molar-refractivity contribution in [3.8, 4) is 0 Å². The minimum atomic E-state index is -1.42. The third-order valence-corrected chi connectivity index (χ3v) is 5.19. The molecule has 1 aliphatic rings. The lowest BCUT2D eigenvalue weighted by atomic mass is 10.1. The van der Waals surface area contributed by atoms with Gasteiger partial charge in [0.1, 0.15) is 18.1 Å². The van der Waals surface area contributed by atoms with Gasteiger partial charge in [-0.1, -0.05) is 0 Å². The Labute approximate surface area is 178 Å². The Morgan fingerprint density at radius 2 is 1.72 bits per heavy atom. The number of nitrogens with one attached hydrogen (secondary N) is 2. The lowest BCUT2D eigenvalue weighted by molar-refractivity contribution is -0.143. The van der Waals surface area contributed by atoms with Crippen molar-refractivity contribution in [3.05, 3.63) is 0 Å². The van der Waals surface area contributed by atoms with Crippen LogP contribution in [0.15, 0.2) is 0 Å². The van der Waals surface area contributed by atoms with Gasteiger partial charge in [-0.15, -0.1) is 0 Å². The largest absolute Gasteiger partial charge is 0.481 e. The average molecular weight is 451 g/mol. The summed E-state index contributed by atoms with van der Waals surface area (Å²) in [6.07, 6.45) is 0.237. The third kappa shape index (κ3) is 7.40. The molecule has 0 spiro atoms. The van der Waals surface area contributed by atoms with E-state index in [0.717, 1.165) is 0 Å². The molecule has 3 amide bonds. The fourth-order valence-electron chi connectivity index (χ4n) is 2.85. The molecule has 0 saturated carbocycles. The lowest BCUT2D eigenvalue weighted by Crippen LogP contribution is -2.57. The minimum Gasteiger partial charge on any atom is -0.481 e. The summed E-state index contributed by atoms with van der Waals surface area (Å²) in [6, 6.07) is -4.23. The van der Waals surface area contributed by atoms with E-state index in [1.807, 2.05) is 0 Å². The molecule has 1 rings (SSSR count). The molecule has 1 aliphatic heterocycles. The van der Waals surface area contributed by atoms with Gasteiger partial charge in [-0.05, 0) is 19.3 Å². The normalized spacial score (nSPS) is 19.1. The highest BCUT2D eigenvalue weighted by atomic mass is 32.1. The number of carbonyl (C=O) groups is 5. The molecule has 0 bridgehead atoms. The van der Waals surface area contributed by atoms with Crippen molar-refractivity contribution >= 4 is 54.9 Å². The molecule has 4 atom stereocenters. The van der Waals surface area contributed by atoms with Crippen LogP contribution in [0.25, 0.3) is 0 Å². The molecular weight excluding hydrogens is 424 g/mol. The molecule has 0 aliphatic carbocycles. The van der Waals surface area contributed by atoms with Crippen molar-refractivity contribution in [2.75, 3.05) is 18.1 Å². The van der Waals surface area contributed by atoms with Gasteiger partial charge < -0.3 is 31.5 Å². The van der Waals surface area contributed by atoms with E-state index in [-0.39, 0.29) is 17.9 Å². The van der Waals surface area contributed by atoms with E-state index in [2.05, 4.69) is 35.9 Å². The number of likely N-dealkylation sites (tertiary alicyclic amines) is 1. The number of nitrogens with zero attached hydrogens (tertiary/aromatic N) is 1. The molecule has 0 aromatic rings. The van der Waals surface area contributed by atoms with Crippen LogP contribution in [0.2, 0.25) is 0 Å². The first-order valence-electron chi connectivity index (χ1n) is 8.95. The van der Waals surface area contributed by atoms with E-state index in [0.29, 0.717) is 19.4 Å². The van der Waals surface area contributed by atoms with Crippen molar-refractivity contribution in [2.24, 2.45) is 5.73 Å². The fourth-order valence-corrected chi connectivity index (χ4v) is 3.27. The second-order valence-corrected chi connectivity index (χ2v) is 7.28. The van der Waals surface area contributed by atoms with Crippen LogP contribution < -0.4 is 16.4 Å². The van der Waals surface area contributed by atoms with Gasteiger partial charge in [0.05, 0.1) is 6.04 Å². The fraction of sp³-hybridized carbons (Fsp3) is 0.688. The molecule has 1 fully saturated rings. The highest BCUT2D eigenvalue weighted by Crippen LogP contribution is 2.18. The maximum absolute atomic E-state index is 12.6. The predicted molar refractivity (Wildman–Crippen MR) is 109 cm³/mol. The van der Waals surface area contributed by atoms with Crippen LogP contribution in [-0.2, 0) is 24.0 Å². The van der Waals surface area contributed by atoms with Gasteiger partial charge in [0, 0.05) is 24.5 Å². The maximum Gasteiger partial charge on any atom is 0.326 e. The van der Waals surface area contributed by atoms with Crippen molar-refractivity contribution in [1.82, 2.24) is 15.5 Å². The second-order valence-electron chi connectivity index (χ2n) is 6.55. The molecule has 164 valence electrons. The number of carboxylic acid groups (broad SMARTS) is 2. The standard InChI is InChI=1S/C16H26N4O7S2/c17-8(6-28)15(25)20-5-1-2-11(20)14(24)19-10(7-29)13(23)18-9(16(26)27)3-4-12(21)22/h8-11,28-29H,1-7,17H2,(H,18,23)(H,19,24)(H,21,22)(H,26,27). The number of carbonyl (C=O) groups excluding carboxylic acids is 3. The summed E-state index contributed by atoms with van der Waals surface area (Å²) in [5.74, 6) is -4.39. The summed E-state index contributed by atoms with van der Waals surface area (Å²) in [4.78, 5) is 60.5. The molecule has 6 N–H and O–H groups in total. The molecule has 13 heteroatoms. The first-order chi connectivity index (χ1) is 13.6. The zero-order chi connectivity index (χ0) is 22.1. The van der Waals surface area contributed by atoms with Gasteiger partial charge in [0.15, 0.2) is 0 Å². The van der Waals surface area contributed by atoms with Gasteiger partial charge in [0.2, 0.25) is 17.7 Å². The summed E-state index contributed by atoms with van der Waals surface area (Å²) in [7, 11) is 0. The first-order valence-corrected chi connectivity index (χ1v) is 10.2. The lowest BCUT2D eigenvalue weighted by Gasteiger charge is -2.28. The Kier molecular flexibility index (Phi) is 10.3. The van der Waals surface area contributed by atoms with Crippen molar-refractivity contribution in [1.29, 1.82) is 0 Å². The van der Waals surface area contributed by atoms with E-state index in [1.165, 1.54) is 4.90 Å². The Morgan fingerprint density at radius 1 is 1.07 bits per heavy atom. The maximum atomic E-state index is 12.6. The molecule has 1 heterocycles. The van der Waals surface area contributed by atoms with Crippen LogP contribution in [0.1, 0.15) is 25.7 Å². The molecule has 11 nitrogen and oxygen atoms in total. The number of hydrogen-bond donors (Lipinski definition) is 7. The van der Waals surface area contributed by atoms with Gasteiger partial charge in [0.25, 0.3) is 0 Å². The van der Waals surface area contributed by atoms with Crippen LogP contribution in [0.3, 0.4) is 0 Å². The predicted octanol–water partition coefficient (Wildman–Crippen LogP) is -1.92. The Hall–Kier alpha value is -1.99. The number of amides is 3. The number of rotatable bonds is 11. The van der Waals surface area contributed by atoms with Crippen molar-refractivity contribution in [3.63, 3.8) is 0 Å². The van der Waals surface area contributed by atoms with E-state index >= 15 is 0 Å². The van der Waals surface area contributed by atoms with Crippen molar-refractivity contribution in [2.45, 2.75) is 49.9 Å². The summed E-state index contributed by atoms with van der Waals surface area (Å²) in [6.45, 7) is 0.354. The van der Waals surface area contributed by atoms with Crippen LogP contribution in [-0.4, -0.2) is 87.0 Å². The quantitative estimate of drug-likeness (QED) is 0.178. The molecular formula is C16H26N4O7S2. The number of thiol groups is 2. The minimum absolute atomic E-state index is 0.123. The summed E-state index contributed by atoms with van der Waals surface area (Å²) in [5.41, 5.74) is 5.69. The van der Waals surface area contributed by atoms with E-state index < -0.39 is 60.2 Å². The highest BCUT2D eigenvalue weighted by Gasteiger charge is 2.37. The third-order valence-electron chi connectivity index (χ3n) is 4.43. The highest BCUT2D eigenvalue weighted by molar-refractivity contribution is 7.80. The summed E-state index contributed by atoms with van der Waals surface area (Å²) >= 11 is 8.00. The Bertz CT molecular complexity index is 649. The Morgan fingerprint density at radius 3 is 2.24 bits per heavy atom. The molecule has 0 aromatic carbocycles. The number of hydrogen-bond acceptors (Lipinski definition) is 8. The van der Waals surface area contributed by atoms with Crippen LogP contribution in [0, 0.1) is 0 Å². The summed E-state index contributed by atoms with van der Waals surface area (Å²) in [5, 5.41) is 22.5. The monoisotopic (exact) mass is 450 g/mol. The zero-order valence-corrected chi connectivity index (χ0v) is 17.4. The molecule has 1 saturated heterocycles. The second kappa shape index (κ2) is 11.9. The van der Waals surface area contributed by atoms with Crippen LogP contribution in [0.4, 0.5) is 0 Å². The van der Waals surface area contributed by atoms with E-state index in [4.69, 9.17) is 15.9 Å². The number of carboxylic acids is 2. The SMILES string of the molecule is NC(CS)C(=O)N1CCCC1C(=O)NC(CS)C(=O)NC(CCC(=O)O)C(=O)O. The smallest absolute Gasteiger partial charge is 0.326 e. The van der Waals surface area contributed by atoms with Gasteiger partial charge in [-0.2, -0.15) is 25.3 Å². The average Bonchev–Trinajstić information content (AvgIpc) is 3.17. The first kappa shape index (κ1) is 25.0. The van der Waals surface area contributed by atoms with Gasteiger partial charge in [-0.25, -0.2) is 4.79 Å². The van der Waals surface area contributed by atoms with Crippen LogP contribution >= 0.6 is 25.3 Å². The number of nitrogens with two attached hydrogens (primary N) is 1. The van der Waals surface area contributed by atoms with E-state index in [9.17, 15) is 24.0 Å². The molecule has 0 aromatic heterocycles. The molecule has 4 unspecified atom stereocenters. The molecule has 29 heavy (non-hydrogen) atoms. The topological polar surface area (TPSA) is 179 Å². The van der Waals surface area contributed by atoms with Gasteiger partial charge >= 0.3 is 11.9 Å². The van der Waals surface area contributed by atoms with Crippen LogP contribution in [0.5, 0.6) is 0 Å². The van der Waals surface area contributed by atoms with E-state index in [1.54, 1.807) is 0 Å². The zero-order valence-electron chi connectivity index (χ0n) is 15.6. The molecule has 0 radical (unpaired) electrons. The Balaban J connectivity index is 2.76. The number of aliphatic carboxylic acids is 2. The van der Waals surface area contributed by atoms with Gasteiger partial charge in [-0.3, -0.25) is 19.2 Å². The summed E-state index contributed by atoms with van der Waals surface area (Å²) < 4.78 is 0.